The number of halogens is 2. The van der Waals surface area contributed by atoms with E-state index in [-0.39, 0.29) is 18.4 Å². The van der Waals surface area contributed by atoms with E-state index in [2.05, 4.69) is 4.74 Å². The normalized spacial score (nSPS) is 40.7. The van der Waals surface area contributed by atoms with Gasteiger partial charge in [-0.05, 0) is 50.4 Å². The van der Waals surface area contributed by atoms with Gasteiger partial charge in [-0.1, -0.05) is 0 Å². The molecule has 126 valence electrons. The molecule has 1 N–H and O–H groups in total. The maximum Gasteiger partial charge on any atom is 0.428 e. The monoisotopic (exact) mass is 339 g/mol. The fraction of sp³-hybridized carbons (Fsp3) is 0.923. The lowest BCUT2D eigenvalue weighted by Crippen LogP contribution is -2.57. The molecule has 6 nitrogen and oxygen atoms in total. The quantitative estimate of drug-likeness (QED) is 0.605. The minimum atomic E-state index is -6.10. The minimum absolute atomic E-state index is 0.272. The number of aliphatic hydroxyl groups is 1. The van der Waals surface area contributed by atoms with Crippen molar-refractivity contribution in [1.29, 1.82) is 0 Å². The number of rotatable bonds is 4. The summed E-state index contributed by atoms with van der Waals surface area (Å²) in [5, 5.41) is 5.41. The Balaban J connectivity index is 1.71. The molecule has 4 bridgehead atoms. The first-order valence-electron chi connectivity index (χ1n) is 7.18. The maximum absolute atomic E-state index is 13.1. The van der Waals surface area contributed by atoms with E-state index < -0.39 is 32.4 Å². The number of carbonyl (C=O) groups is 1. The van der Waals surface area contributed by atoms with E-state index in [1.807, 2.05) is 0 Å². The summed E-state index contributed by atoms with van der Waals surface area (Å²) in [6.45, 7) is -0.383. The van der Waals surface area contributed by atoms with E-state index in [9.17, 15) is 31.7 Å². The van der Waals surface area contributed by atoms with Crippen molar-refractivity contribution >= 4 is 16.1 Å². The summed E-state index contributed by atoms with van der Waals surface area (Å²) >= 11 is 0. The molecule has 0 saturated heterocycles. The molecule has 0 amide bonds. The summed E-state index contributed by atoms with van der Waals surface area (Å²) in [6.07, 6.45) is 4.00. The van der Waals surface area contributed by atoms with Gasteiger partial charge in [0.05, 0.1) is 12.2 Å². The van der Waals surface area contributed by atoms with Crippen molar-refractivity contribution in [3.63, 3.8) is 0 Å². The van der Waals surface area contributed by atoms with Crippen LogP contribution in [0.2, 0.25) is 0 Å². The molecule has 4 atom stereocenters. The van der Waals surface area contributed by atoms with Crippen LogP contribution in [0, 0.1) is 17.3 Å². The van der Waals surface area contributed by atoms with E-state index in [1.54, 1.807) is 0 Å². The number of hydrogen-bond acceptors (Lipinski definition) is 6. The second-order valence-corrected chi connectivity index (χ2v) is 8.65. The fourth-order valence-electron chi connectivity index (χ4n) is 4.98. The number of esters is 1. The topological polar surface area (TPSA) is 104 Å². The van der Waals surface area contributed by atoms with Crippen molar-refractivity contribution in [3.8, 4) is 0 Å². The first-order chi connectivity index (χ1) is 9.95. The molecule has 4 aliphatic rings. The van der Waals surface area contributed by atoms with Gasteiger partial charge in [0.1, 0.15) is 0 Å². The molecule has 0 heterocycles. The highest BCUT2D eigenvalue weighted by molar-refractivity contribution is 7.87. The Kier molecular flexibility index (Phi) is 3.37. The van der Waals surface area contributed by atoms with Crippen LogP contribution < -0.4 is 0 Å². The summed E-state index contributed by atoms with van der Waals surface area (Å²) in [5.41, 5.74) is -1.43. The van der Waals surface area contributed by atoms with E-state index in [0.29, 0.717) is 32.1 Å². The zero-order valence-corrected chi connectivity index (χ0v) is 12.6. The molecular formula is C13H17F2O6S-. The van der Waals surface area contributed by atoms with Crippen LogP contribution in [-0.4, -0.2) is 41.5 Å². The van der Waals surface area contributed by atoms with Crippen LogP contribution in [0.25, 0.3) is 0 Å². The predicted molar refractivity (Wildman–Crippen MR) is 67.7 cm³/mol. The minimum Gasteiger partial charge on any atom is -0.743 e. The lowest BCUT2D eigenvalue weighted by Gasteiger charge is -2.59. The van der Waals surface area contributed by atoms with Gasteiger partial charge in [0.2, 0.25) is 0 Å². The molecule has 4 aliphatic carbocycles. The number of carbonyl (C=O) groups excluding carboxylic acids is 1. The van der Waals surface area contributed by atoms with Gasteiger partial charge in [-0.25, -0.2) is 13.2 Å². The van der Waals surface area contributed by atoms with Crippen LogP contribution in [0.15, 0.2) is 0 Å². The highest BCUT2D eigenvalue weighted by Gasteiger charge is 2.58. The van der Waals surface area contributed by atoms with Crippen molar-refractivity contribution < 1.29 is 36.4 Å². The highest BCUT2D eigenvalue weighted by Crippen LogP contribution is 2.61. The molecule has 9 heteroatoms. The Morgan fingerprint density at radius 3 is 2.27 bits per heavy atom. The number of ether oxygens (including phenoxy) is 1. The average Bonchev–Trinajstić information content (AvgIpc) is 2.31. The SMILES string of the molecule is O=C(OCC12C[C@@H]3C[C@@H](CC(O)(C3)C1)C2)C(F)(F)S(=O)(=O)[O-]. The van der Waals surface area contributed by atoms with Gasteiger partial charge in [0.15, 0.2) is 10.1 Å². The molecule has 0 aliphatic heterocycles. The van der Waals surface area contributed by atoms with Crippen LogP contribution in [-0.2, 0) is 19.6 Å². The lowest BCUT2D eigenvalue weighted by atomic mass is 9.48. The third-order valence-electron chi connectivity index (χ3n) is 5.21. The average molecular weight is 339 g/mol. The first-order valence-corrected chi connectivity index (χ1v) is 8.59. The maximum atomic E-state index is 13.1. The zero-order chi connectivity index (χ0) is 16.4. The van der Waals surface area contributed by atoms with Gasteiger partial charge in [-0.2, -0.15) is 8.78 Å². The summed E-state index contributed by atoms with van der Waals surface area (Å²) in [6, 6.07) is 0. The molecule has 0 radical (unpaired) electrons. The lowest BCUT2D eigenvalue weighted by molar-refractivity contribution is -0.193. The Hall–Kier alpha value is -0.800. The van der Waals surface area contributed by atoms with E-state index >= 15 is 0 Å². The smallest absolute Gasteiger partial charge is 0.428 e. The Morgan fingerprint density at radius 1 is 1.27 bits per heavy atom. The van der Waals surface area contributed by atoms with Gasteiger partial charge in [0.25, 0.3) is 0 Å². The van der Waals surface area contributed by atoms with Crippen LogP contribution in [0.1, 0.15) is 38.5 Å². The molecule has 22 heavy (non-hydrogen) atoms. The molecule has 4 rings (SSSR count). The molecule has 0 aromatic carbocycles. The van der Waals surface area contributed by atoms with Crippen molar-refractivity contribution in [2.45, 2.75) is 49.4 Å². The Labute approximate surface area is 126 Å². The highest BCUT2D eigenvalue weighted by atomic mass is 32.2. The number of alkyl halides is 2. The predicted octanol–water partition coefficient (Wildman–Crippen LogP) is 0.999. The van der Waals surface area contributed by atoms with Crippen molar-refractivity contribution in [2.75, 3.05) is 6.61 Å². The van der Waals surface area contributed by atoms with E-state index in [4.69, 9.17) is 0 Å². The van der Waals surface area contributed by atoms with Crippen LogP contribution in [0.4, 0.5) is 8.78 Å². The summed E-state index contributed by atoms with van der Waals surface area (Å²) in [7, 11) is -6.10. The van der Waals surface area contributed by atoms with Crippen LogP contribution in [0.5, 0.6) is 0 Å². The van der Waals surface area contributed by atoms with Gasteiger partial charge >= 0.3 is 11.2 Å². The van der Waals surface area contributed by atoms with E-state index in [1.165, 1.54) is 0 Å². The first kappa shape index (κ1) is 16.1. The zero-order valence-electron chi connectivity index (χ0n) is 11.8. The third-order valence-corrected chi connectivity index (χ3v) is 6.01. The van der Waals surface area contributed by atoms with Crippen LogP contribution >= 0.6 is 0 Å². The summed E-state index contributed by atoms with van der Waals surface area (Å²) in [5.74, 6) is -1.78. The van der Waals surface area contributed by atoms with Crippen LogP contribution in [0.3, 0.4) is 0 Å². The molecule has 0 aromatic heterocycles. The van der Waals surface area contributed by atoms with Gasteiger partial charge in [0, 0.05) is 5.41 Å². The Morgan fingerprint density at radius 2 is 1.82 bits per heavy atom. The fourth-order valence-corrected chi connectivity index (χ4v) is 5.24. The summed E-state index contributed by atoms with van der Waals surface area (Å²) in [4.78, 5) is 11.3. The number of hydrogen-bond donors (Lipinski definition) is 1. The molecule has 0 spiro atoms. The van der Waals surface area contributed by atoms with Gasteiger partial charge < -0.3 is 14.4 Å². The molecule has 0 aromatic rings. The summed E-state index contributed by atoms with van der Waals surface area (Å²) < 4.78 is 62.0. The molecule has 4 fully saturated rings. The standard InChI is InChI=1S/C13H18F2O6S/c14-13(15,22(18,19)20)10(16)21-7-11-2-8-1-9(3-11)5-12(17,4-8)6-11/h8-9,17H,1-7H2,(H,18,19,20)/p-1/t8-,9+,11?,12?. The second-order valence-electron chi connectivity index (χ2n) is 7.23. The molecule has 4 saturated carbocycles. The van der Waals surface area contributed by atoms with Crippen molar-refractivity contribution in [1.82, 2.24) is 0 Å². The molecular weight excluding hydrogens is 322 g/mol. The van der Waals surface area contributed by atoms with Gasteiger partial charge in [-0.3, -0.25) is 0 Å². The molecule has 2 unspecified atom stereocenters. The second kappa shape index (κ2) is 4.61. The van der Waals surface area contributed by atoms with Gasteiger partial charge in [-0.15, -0.1) is 0 Å². The van der Waals surface area contributed by atoms with E-state index in [0.717, 1.165) is 6.42 Å². The third kappa shape index (κ3) is 2.52. The van der Waals surface area contributed by atoms with Crippen molar-refractivity contribution in [3.05, 3.63) is 0 Å². The largest absolute Gasteiger partial charge is 0.743 e. The Bertz CT molecular complexity index is 588. The van der Waals surface area contributed by atoms with Crippen molar-refractivity contribution in [2.24, 2.45) is 17.3 Å².